The van der Waals surface area contributed by atoms with Crippen LogP contribution in [-0.2, 0) is 10.0 Å². The van der Waals surface area contributed by atoms with Crippen molar-refractivity contribution in [2.75, 3.05) is 37.3 Å². The largest absolute Gasteiger partial charge is 0.351 e. The van der Waals surface area contributed by atoms with Crippen LogP contribution in [0.5, 0.6) is 0 Å². The van der Waals surface area contributed by atoms with Gasteiger partial charge in [0, 0.05) is 38.6 Å². The molecule has 0 spiro atoms. The first-order valence-electron chi connectivity index (χ1n) is 6.33. The predicted molar refractivity (Wildman–Crippen MR) is 74.1 cm³/mol. The first-order valence-corrected chi connectivity index (χ1v) is 8.18. The van der Waals surface area contributed by atoms with Gasteiger partial charge >= 0.3 is 0 Å². The summed E-state index contributed by atoms with van der Waals surface area (Å²) in [6.45, 7) is 4.02. The lowest BCUT2D eigenvalue weighted by Crippen LogP contribution is -2.48. The van der Waals surface area contributed by atoms with Crippen LogP contribution in [0, 0.1) is 6.92 Å². The monoisotopic (exact) mass is 296 g/mol. The Kier molecular flexibility index (Phi) is 3.09. The summed E-state index contributed by atoms with van der Waals surface area (Å²) in [6, 6.07) is 0. The predicted octanol–water partition coefficient (Wildman–Crippen LogP) is -0.486. The number of sulfonamides is 1. The molecular formula is C11H16N6O2S. The molecule has 0 aromatic carbocycles. The van der Waals surface area contributed by atoms with Gasteiger partial charge in [0.1, 0.15) is 5.82 Å². The average molecular weight is 296 g/mol. The average Bonchev–Trinajstić information content (AvgIpc) is 2.80. The first-order chi connectivity index (χ1) is 9.47. The molecule has 0 bridgehead atoms. The van der Waals surface area contributed by atoms with Crippen LogP contribution in [-0.4, -0.2) is 64.7 Å². The highest BCUT2D eigenvalue weighted by atomic mass is 32.2. The van der Waals surface area contributed by atoms with Crippen molar-refractivity contribution in [3.05, 3.63) is 18.2 Å². The zero-order valence-electron chi connectivity index (χ0n) is 11.4. The normalized spacial score (nSPS) is 17.8. The first kappa shape index (κ1) is 13.3. The lowest BCUT2D eigenvalue weighted by molar-refractivity contribution is 0.387. The molecule has 20 heavy (non-hydrogen) atoms. The Bertz CT molecular complexity index is 732. The van der Waals surface area contributed by atoms with E-state index in [4.69, 9.17) is 0 Å². The van der Waals surface area contributed by atoms with E-state index in [0.29, 0.717) is 31.8 Å². The van der Waals surface area contributed by atoms with Crippen LogP contribution in [0.25, 0.3) is 5.65 Å². The third-order valence-electron chi connectivity index (χ3n) is 3.49. The molecule has 0 amide bonds. The molecule has 2 aromatic rings. The minimum absolute atomic E-state index is 0.467. The van der Waals surface area contributed by atoms with E-state index in [9.17, 15) is 8.42 Å². The SMILES string of the molecule is Cc1nnc2c(N3CCN(S(C)(=O)=O)CC3)nccn12. The van der Waals surface area contributed by atoms with Crippen LogP contribution in [0.4, 0.5) is 5.82 Å². The number of piperazine rings is 1. The molecule has 108 valence electrons. The summed E-state index contributed by atoms with van der Waals surface area (Å²) in [7, 11) is -3.12. The quantitative estimate of drug-likeness (QED) is 0.744. The maximum atomic E-state index is 11.5. The molecule has 2 aromatic heterocycles. The number of anilines is 1. The van der Waals surface area contributed by atoms with Crippen LogP contribution < -0.4 is 4.90 Å². The van der Waals surface area contributed by atoms with Crippen LogP contribution >= 0.6 is 0 Å². The number of fused-ring (bicyclic) bond motifs is 1. The molecule has 1 aliphatic rings. The Labute approximate surface area is 117 Å². The van der Waals surface area contributed by atoms with E-state index in [1.165, 1.54) is 10.6 Å². The summed E-state index contributed by atoms with van der Waals surface area (Å²) < 4.78 is 26.4. The second kappa shape index (κ2) is 4.67. The molecule has 0 aliphatic carbocycles. The summed E-state index contributed by atoms with van der Waals surface area (Å²) in [4.78, 5) is 6.41. The number of rotatable bonds is 2. The molecule has 1 aliphatic heterocycles. The topological polar surface area (TPSA) is 83.7 Å². The Morgan fingerprint density at radius 3 is 2.50 bits per heavy atom. The summed E-state index contributed by atoms with van der Waals surface area (Å²) in [6.07, 6.45) is 4.77. The van der Waals surface area contributed by atoms with Gasteiger partial charge in [0.05, 0.1) is 6.26 Å². The summed E-state index contributed by atoms with van der Waals surface area (Å²) in [5, 5.41) is 8.18. The summed E-state index contributed by atoms with van der Waals surface area (Å²) in [5.74, 6) is 1.56. The summed E-state index contributed by atoms with van der Waals surface area (Å²) in [5.41, 5.74) is 0.706. The van der Waals surface area contributed by atoms with Gasteiger partial charge in [-0.2, -0.15) is 4.31 Å². The van der Waals surface area contributed by atoms with Crippen molar-refractivity contribution in [2.45, 2.75) is 6.92 Å². The van der Waals surface area contributed by atoms with Gasteiger partial charge in [0.15, 0.2) is 5.82 Å². The summed E-state index contributed by atoms with van der Waals surface area (Å²) >= 11 is 0. The van der Waals surface area contributed by atoms with E-state index < -0.39 is 10.0 Å². The second-order valence-electron chi connectivity index (χ2n) is 4.84. The zero-order valence-corrected chi connectivity index (χ0v) is 12.2. The van der Waals surface area contributed by atoms with Crippen molar-refractivity contribution >= 4 is 21.5 Å². The van der Waals surface area contributed by atoms with E-state index in [1.54, 1.807) is 6.20 Å². The molecule has 1 saturated heterocycles. The molecule has 0 radical (unpaired) electrons. The van der Waals surface area contributed by atoms with E-state index in [2.05, 4.69) is 15.2 Å². The number of hydrogen-bond donors (Lipinski definition) is 0. The van der Waals surface area contributed by atoms with E-state index >= 15 is 0 Å². The van der Waals surface area contributed by atoms with Crippen molar-refractivity contribution in [3.63, 3.8) is 0 Å². The minimum Gasteiger partial charge on any atom is -0.351 e. The van der Waals surface area contributed by atoms with Crippen LogP contribution in [0.15, 0.2) is 12.4 Å². The van der Waals surface area contributed by atoms with Gasteiger partial charge in [-0.05, 0) is 6.92 Å². The van der Waals surface area contributed by atoms with Crippen molar-refractivity contribution in [1.82, 2.24) is 23.9 Å². The molecule has 8 nitrogen and oxygen atoms in total. The Hall–Kier alpha value is -1.74. The maximum absolute atomic E-state index is 11.5. The van der Waals surface area contributed by atoms with E-state index in [0.717, 1.165) is 11.6 Å². The maximum Gasteiger partial charge on any atom is 0.211 e. The highest BCUT2D eigenvalue weighted by molar-refractivity contribution is 7.88. The van der Waals surface area contributed by atoms with Crippen LogP contribution in [0.2, 0.25) is 0 Å². The van der Waals surface area contributed by atoms with E-state index in [1.807, 2.05) is 22.4 Å². The van der Waals surface area contributed by atoms with Gasteiger partial charge < -0.3 is 4.90 Å². The molecule has 9 heteroatoms. The second-order valence-corrected chi connectivity index (χ2v) is 6.82. The van der Waals surface area contributed by atoms with Gasteiger partial charge in [0.25, 0.3) is 0 Å². The standard InChI is InChI=1S/C11H16N6O2S/c1-9-13-14-11-10(12-3-4-17(9)11)15-5-7-16(8-6-15)20(2,18)19/h3-4H,5-8H2,1-2H3. The van der Waals surface area contributed by atoms with Crippen LogP contribution in [0.3, 0.4) is 0 Å². The molecule has 0 atom stereocenters. The lowest BCUT2D eigenvalue weighted by atomic mass is 10.3. The minimum atomic E-state index is -3.12. The van der Waals surface area contributed by atoms with Gasteiger partial charge in [-0.25, -0.2) is 13.4 Å². The fraction of sp³-hybridized carbons (Fsp3) is 0.545. The number of hydrogen-bond acceptors (Lipinski definition) is 6. The molecular weight excluding hydrogens is 280 g/mol. The molecule has 0 unspecified atom stereocenters. The Morgan fingerprint density at radius 1 is 1.15 bits per heavy atom. The number of aromatic nitrogens is 4. The fourth-order valence-electron chi connectivity index (χ4n) is 2.38. The van der Waals surface area contributed by atoms with Gasteiger partial charge in [-0.1, -0.05) is 0 Å². The highest BCUT2D eigenvalue weighted by Gasteiger charge is 2.25. The van der Waals surface area contributed by atoms with Gasteiger partial charge in [-0.15, -0.1) is 10.2 Å². The molecule has 0 saturated carbocycles. The Balaban J connectivity index is 1.87. The van der Waals surface area contributed by atoms with Gasteiger partial charge in [0.2, 0.25) is 15.7 Å². The molecule has 1 fully saturated rings. The van der Waals surface area contributed by atoms with E-state index in [-0.39, 0.29) is 0 Å². The third-order valence-corrected chi connectivity index (χ3v) is 4.79. The van der Waals surface area contributed by atoms with Crippen molar-refractivity contribution in [2.24, 2.45) is 0 Å². The highest BCUT2D eigenvalue weighted by Crippen LogP contribution is 2.19. The third kappa shape index (κ3) is 2.22. The Morgan fingerprint density at radius 2 is 1.85 bits per heavy atom. The smallest absolute Gasteiger partial charge is 0.211 e. The zero-order chi connectivity index (χ0) is 14.3. The molecule has 3 heterocycles. The van der Waals surface area contributed by atoms with Crippen LogP contribution in [0.1, 0.15) is 5.82 Å². The van der Waals surface area contributed by atoms with Gasteiger partial charge in [-0.3, -0.25) is 4.40 Å². The van der Waals surface area contributed by atoms with Crippen molar-refractivity contribution in [1.29, 1.82) is 0 Å². The number of aryl methyl sites for hydroxylation is 1. The lowest BCUT2D eigenvalue weighted by Gasteiger charge is -2.33. The van der Waals surface area contributed by atoms with Crippen molar-refractivity contribution < 1.29 is 8.42 Å². The molecule has 3 rings (SSSR count). The number of nitrogens with zero attached hydrogens (tertiary/aromatic N) is 6. The molecule has 0 N–H and O–H groups in total. The van der Waals surface area contributed by atoms with Crippen molar-refractivity contribution in [3.8, 4) is 0 Å². The fourth-order valence-corrected chi connectivity index (χ4v) is 3.21.